The number of nitrogens with zero attached hydrogens (tertiary/aromatic N) is 1. The van der Waals surface area contributed by atoms with Gasteiger partial charge in [-0.15, -0.1) is 6.58 Å². The maximum absolute atomic E-state index is 13.5. The van der Waals surface area contributed by atoms with Crippen molar-refractivity contribution in [2.24, 2.45) is 0 Å². The van der Waals surface area contributed by atoms with Crippen LogP contribution in [0.3, 0.4) is 0 Å². The van der Waals surface area contributed by atoms with Gasteiger partial charge in [-0.2, -0.15) is 0 Å². The van der Waals surface area contributed by atoms with Gasteiger partial charge in [0.15, 0.2) is 11.6 Å². The summed E-state index contributed by atoms with van der Waals surface area (Å²) < 4.78 is 32.8. The van der Waals surface area contributed by atoms with Crippen molar-refractivity contribution in [3.8, 4) is 0 Å². The summed E-state index contributed by atoms with van der Waals surface area (Å²) in [7, 11) is 0. The van der Waals surface area contributed by atoms with Crippen molar-refractivity contribution in [1.29, 1.82) is 0 Å². The van der Waals surface area contributed by atoms with Crippen molar-refractivity contribution in [1.82, 2.24) is 4.90 Å². The maximum atomic E-state index is 13.5. The van der Waals surface area contributed by atoms with Crippen LogP contribution in [-0.4, -0.2) is 24.6 Å². The van der Waals surface area contributed by atoms with Gasteiger partial charge >= 0.3 is 0 Å². The minimum atomic E-state index is -0.787. The SMILES string of the molecule is C=CCOC1CC2(CCN(Cc3ccc(F)c(F)c3)CC2)c2ccc(C)cc21. The molecule has 2 aromatic rings. The van der Waals surface area contributed by atoms with E-state index in [9.17, 15) is 8.78 Å². The molecule has 4 rings (SSSR count). The zero-order valence-electron chi connectivity index (χ0n) is 16.4. The van der Waals surface area contributed by atoms with E-state index in [1.807, 2.05) is 6.08 Å². The van der Waals surface area contributed by atoms with E-state index in [4.69, 9.17) is 4.74 Å². The molecule has 1 saturated heterocycles. The molecule has 1 aliphatic heterocycles. The fourth-order valence-corrected chi connectivity index (χ4v) is 4.85. The number of ether oxygens (including phenoxy) is 1. The summed E-state index contributed by atoms with van der Waals surface area (Å²) in [6.07, 6.45) is 5.07. The topological polar surface area (TPSA) is 12.5 Å². The molecule has 0 bridgehead atoms. The van der Waals surface area contributed by atoms with Gasteiger partial charge in [-0.05, 0) is 68.1 Å². The molecule has 148 valence electrons. The second kappa shape index (κ2) is 7.76. The Kier molecular flexibility index (Phi) is 5.35. The molecule has 0 amide bonds. The average molecular weight is 383 g/mol. The highest BCUT2D eigenvalue weighted by Gasteiger charge is 2.45. The quantitative estimate of drug-likeness (QED) is 0.636. The highest BCUT2D eigenvalue weighted by Crippen LogP contribution is 2.52. The van der Waals surface area contributed by atoms with E-state index in [2.05, 4.69) is 36.6 Å². The first-order valence-corrected chi connectivity index (χ1v) is 10.0. The smallest absolute Gasteiger partial charge is 0.159 e. The summed E-state index contributed by atoms with van der Waals surface area (Å²) in [5, 5.41) is 0. The number of benzene rings is 2. The van der Waals surface area contributed by atoms with Gasteiger partial charge < -0.3 is 4.74 Å². The van der Waals surface area contributed by atoms with Crippen LogP contribution in [0, 0.1) is 18.6 Å². The average Bonchev–Trinajstić information content (AvgIpc) is 2.97. The number of halogens is 2. The number of piperidine rings is 1. The van der Waals surface area contributed by atoms with E-state index in [0.29, 0.717) is 13.2 Å². The molecular weight excluding hydrogens is 356 g/mol. The van der Waals surface area contributed by atoms with Gasteiger partial charge in [0.25, 0.3) is 0 Å². The molecule has 1 aliphatic carbocycles. The van der Waals surface area contributed by atoms with Crippen molar-refractivity contribution in [2.45, 2.75) is 44.2 Å². The fraction of sp³-hybridized carbons (Fsp3) is 0.417. The molecule has 1 heterocycles. The molecule has 28 heavy (non-hydrogen) atoms. The van der Waals surface area contributed by atoms with Gasteiger partial charge in [-0.25, -0.2) is 8.78 Å². The zero-order chi connectivity index (χ0) is 19.7. The Morgan fingerprint density at radius 3 is 2.64 bits per heavy atom. The van der Waals surface area contributed by atoms with Crippen LogP contribution in [0.2, 0.25) is 0 Å². The van der Waals surface area contributed by atoms with E-state index in [1.54, 1.807) is 6.07 Å². The number of likely N-dealkylation sites (tertiary alicyclic amines) is 1. The third-order valence-corrected chi connectivity index (χ3v) is 6.32. The van der Waals surface area contributed by atoms with Crippen LogP contribution in [0.1, 0.15) is 47.6 Å². The highest BCUT2D eigenvalue weighted by atomic mass is 19.2. The minimum absolute atomic E-state index is 0.130. The third kappa shape index (κ3) is 3.63. The number of aryl methyl sites for hydroxylation is 1. The molecule has 1 atom stereocenters. The summed E-state index contributed by atoms with van der Waals surface area (Å²) in [6.45, 7) is 9.02. The van der Waals surface area contributed by atoms with E-state index < -0.39 is 11.6 Å². The molecule has 0 aromatic heterocycles. The molecule has 1 fully saturated rings. The van der Waals surface area contributed by atoms with Crippen LogP contribution < -0.4 is 0 Å². The largest absolute Gasteiger partial charge is 0.369 e. The molecule has 0 saturated carbocycles. The number of rotatable bonds is 5. The molecule has 1 spiro atoms. The van der Waals surface area contributed by atoms with Crippen molar-refractivity contribution in [3.05, 3.63) is 82.9 Å². The van der Waals surface area contributed by atoms with Gasteiger partial charge in [0.05, 0.1) is 12.7 Å². The molecule has 4 heteroatoms. The van der Waals surface area contributed by atoms with Gasteiger partial charge in [-0.1, -0.05) is 35.9 Å². The van der Waals surface area contributed by atoms with Crippen molar-refractivity contribution >= 4 is 0 Å². The second-order valence-electron chi connectivity index (χ2n) is 8.21. The summed E-state index contributed by atoms with van der Waals surface area (Å²) >= 11 is 0. The second-order valence-corrected chi connectivity index (χ2v) is 8.21. The Bertz CT molecular complexity index is 871. The minimum Gasteiger partial charge on any atom is -0.369 e. The van der Waals surface area contributed by atoms with E-state index >= 15 is 0 Å². The van der Waals surface area contributed by atoms with Crippen LogP contribution in [0.15, 0.2) is 49.1 Å². The Morgan fingerprint density at radius 1 is 1.14 bits per heavy atom. The first-order valence-electron chi connectivity index (χ1n) is 10.0. The highest BCUT2D eigenvalue weighted by molar-refractivity contribution is 5.44. The lowest BCUT2D eigenvalue weighted by Crippen LogP contribution is -2.41. The van der Waals surface area contributed by atoms with Crippen molar-refractivity contribution < 1.29 is 13.5 Å². The Balaban J connectivity index is 1.48. The van der Waals surface area contributed by atoms with Gasteiger partial charge in [0.1, 0.15) is 0 Å². The third-order valence-electron chi connectivity index (χ3n) is 6.32. The van der Waals surface area contributed by atoms with Crippen LogP contribution in [0.5, 0.6) is 0 Å². The molecule has 1 unspecified atom stereocenters. The van der Waals surface area contributed by atoms with Gasteiger partial charge in [-0.3, -0.25) is 4.90 Å². The standard InChI is InChI=1S/C24H27F2NO/c1-3-12-28-23-15-24(20-6-4-17(2)13-19(20)23)8-10-27(11-9-24)16-18-5-7-21(25)22(26)14-18/h3-7,13-14,23H,1,8-12,15-16H2,2H3. The molecule has 2 nitrogen and oxygen atoms in total. The molecule has 2 aliphatic rings. The summed E-state index contributed by atoms with van der Waals surface area (Å²) in [5.41, 5.74) is 5.00. The number of hydrogen-bond donors (Lipinski definition) is 0. The first-order chi connectivity index (χ1) is 13.5. The monoisotopic (exact) mass is 383 g/mol. The molecule has 0 N–H and O–H groups in total. The van der Waals surface area contributed by atoms with Crippen LogP contribution in [0.4, 0.5) is 8.78 Å². The van der Waals surface area contributed by atoms with Gasteiger partial charge in [0, 0.05) is 12.0 Å². The van der Waals surface area contributed by atoms with Gasteiger partial charge in [0.2, 0.25) is 0 Å². The lowest BCUT2D eigenvalue weighted by atomic mass is 9.73. The lowest BCUT2D eigenvalue weighted by molar-refractivity contribution is 0.0483. The first kappa shape index (κ1) is 19.3. The summed E-state index contributed by atoms with van der Waals surface area (Å²) in [5.74, 6) is -1.56. The van der Waals surface area contributed by atoms with E-state index in [0.717, 1.165) is 37.9 Å². The Hall–Kier alpha value is -2.04. The molecular formula is C24H27F2NO. The summed E-state index contributed by atoms with van der Waals surface area (Å²) in [6, 6.07) is 11.0. The van der Waals surface area contributed by atoms with E-state index in [-0.39, 0.29) is 11.5 Å². The normalized spacial score (nSPS) is 21.0. The Morgan fingerprint density at radius 2 is 1.93 bits per heavy atom. The molecule has 0 radical (unpaired) electrons. The van der Waals surface area contributed by atoms with Crippen molar-refractivity contribution in [3.63, 3.8) is 0 Å². The maximum Gasteiger partial charge on any atom is 0.159 e. The predicted molar refractivity (Wildman–Crippen MR) is 107 cm³/mol. The zero-order valence-corrected chi connectivity index (χ0v) is 16.4. The van der Waals surface area contributed by atoms with Crippen LogP contribution in [0.25, 0.3) is 0 Å². The fourth-order valence-electron chi connectivity index (χ4n) is 4.85. The van der Waals surface area contributed by atoms with Crippen LogP contribution >= 0.6 is 0 Å². The van der Waals surface area contributed by atoms with Crippen LogP contribution in [-0.2, 0) is 16.7 Å². The predicted octanol–water partition coefficient (Wildman–Crippen LogP) is 5.45. The lowest BCUT2D eigenvalue weighted by Gasteiger charge is -2.40. The Labute approximate surface area is 165 Å². The van der Waals surface area contributed by atoms with E-state index in [1.165, 1.54) is 28.8 Å². The molecule has 2 aromatic carbocycles. The van der Waals surface area contributed by atoms with Crippen molar-refractivity contribution in [2.75, 3.05) is 19.7 Å². The number of fused-ring (bicyclic) bond motifs is 2. The summed E-state index contributed by atoms with van der Waals surface area (Å²) in [4.78, 5) is 2.34. The number of hydrogen-bond acceptors (Lipinski definition) is 2.